The molecule has 3 N–H and O–H groups in total. The van der Waals surface area contributed by atoms with Gasteiger partial charge in [0.2, 0.25) is 5.91 Å². The van der Waals surface area contributed by atoms with E-state index in [1.54, 1.807) is 42.5 Å². The Bertz CT molecular complexity index is 616. The maximum Gasteiger partial charge on any atom is 0.248 e. The molecule has 104 valence electrons. The first kappa shape index (κ1) is 14.4. The van der Waals surface area contributed by atoms with Gasteiger partial charge < -0.3 is 15.6 Å². The van der Waals surface area contributed by atoms with Crippen molar-refractivity contribution in [2.45, 2.75) is 6.10 Å². The zero-order chi connectivity index (χ0) is 14.5. The van der Waals surface area contributed by atoms with Crippen LogP contribution >= 0.6 is 11.6 Å². The lowest BCUT2D eigenvalue weighted by atomic mass is 10.1. The highest BCUT2D eigenvalue weighted by Crippen LogP contribution is 2.23. The third-order valence-electron chi connectivity index (χ3n) is 2.79. The number of amides is 1. The van der Waals surface area contributed by atoms with Crippen molar-refractivity contribution < 1.29 is 14.6 Å². The Labute approximate surface area is 121 Å². The molecule has 0 bridgehead atoms. The van der Waals surface area contributed by atoms with Crippen molar-refractivity contribution >= 4 is 17.5 Å². The van der Waals surface area contributed by atoms with Gasteiger partial charge in [-0.2, -0.15) is 0 Å². The zero-order valence-corrected chi connectivity index (χ0v) is 11.4. The van der Waals surface area contributed by atoms with Gasteiger partial charge in [0.1, 0.15) is 18.5 Å². The van der Waals surface area contributed by atoms with E-state index in [2.05, 4.69) is 0 Å². The minimum absolute atomic E-state index is 0.0337. The third-order valence-corrected chi connectivity index (χ3v) is 3.13. The number of aliphatic hydroxyl groups excluding tert-OH is 1. The summed E-state index contributed by atoms with van der Waals surface area (Å²) in [5.74, 6) is -0.0606. The maximum absolute atomic E-state index is 11.1. The molecule has 0 spiro atoms. The second kappa shape index (κ2) is 6.41. The topological polar surface area (TPSA) is 72.6 Å². The van der Waals surface area contributed by atoms with Crippen molar-refractivity contribution in [2.75, 3.05) is 6.61 Å². The van der Waals surface area contributed by atoms with Crippen molar-refractivity contribution in [3.8, 4) is 5.75 Å². The van der Waals surface area contributed by atoms with Crippen LogP contribution in [0.5, 0.6) is 5.75 Å². The minimum Gasteiger partial charge on any atom is -0.491 e. The summed E-state index contributed by atoms with van der Waals surface area (Å²) in [6, 6.07) is 13.5. The van der Waals surface area contributed by atoms with Gasteiger partial charge in [-0.05, 0) is 24.3 Å². The Morgan fingerprint density at radius 1 is 1.25 bits per heavy atom. The Hall–Kier alpha value is -2.04. The molecule has 0 heterocycles. The van der Waals surface area contributed by atoms with Crippen LogP contribution in [0.15, 0.2) is 48.5 Å². The number of nitrogens with two attached hydrogens (primary N) is 1. The lowest BCUT2D eigenvalue weighted by molar-refractivity contribution is 0.0997. The molecule has 0 aliphatic rings. The molecule has 4 nitrogen and oxygen atoms in total. The smallest absolute Gasteiger partial charge is 0.248 e. The van der Waals surface area contributed by atoms with E-state index >= 15 is 0 Å². The van der Waals surface area contributed by atoms with Crippen molar-refractivity contribution in [3.63, 3.8) is 0 Å². The van der Waals surface area contributed by atoms with Gasteiger partial charge in [-0.15, -0.1) is 0 Å². The van der Waals surface area contributed by atoms with Crippen LogP contribution in [0.1, 0.15) is 22.0 Å². The first-order chi connectivity index (χ1) is 9.58. The molecule has 0 aliphatic carbocycles. The maximum atomic E-state index is 11.1. The van der Waals surface area contributed by atoms with Crippen LogP contribution < -0.4 is 10.5 Å². The molecular formula is C15H14ClNO3. The van der Waals surface area contributed by atoms with Crippen molar-refractivity contribution in [2.24, 2.45) is 5.73 Å². The number of aliphatic hydroxyl groups is 1. The second-order valence-electron chi connectivity index (χ2n) is 4.24. The van der Waals surface area contributed by atoms with Gasteiger partial charge in [-0.1, -0.05) is 35.9 Å². The van der Waals surface area contributed by atoms with Crippen LogP contribution in [0.4, 0.5) is 0 Å². The number of halogens is 1. The first-order valence-corrected chi connectivity index (χ1v) is 6.41. The summed E-state index contributed by atoms with van der Waals surface area (Å²) in [4.78, 5) is 11.1. The molecule has 0 saturated carbocycles. The Morgan fingerprint density at radius 2 is 2.00 bits per heavy atom. The summed E-state index contributed by atoms with van der Waals surface area (Å²) < 4.78 is 5.45. The standard InChI is InChI=1S/C15H14ClNO3/c16-13-7-2-1-6-12(13)14(18)9-20-11-5-3-4-10(8-11)15(17)19/h1-8,14,18H,9H2,(H2,17,19). The van der Waals surface area contributed by atoms with Gasteiger partial charge in [0.25, 0.3) is 0 Å². The SMILES string of the molecule is NC(=O)c1cccc(OCC(O)c2ccccc2Cl)c1. The monoisotopic (exact) mass is 291 g/mol. The summed E-state index contributed by atoms with van der Waals surface area (Å²) in [6.45, 7) is 0.0337. The Balaban J connectivity index is 2.04. The Morgan fingerprint density at radius 3 is 2.70 bits per heavy atom. The third kappa shape index (κ3) is 3.50. The molecule has 0 aliphatic heterocycles. The van der Waals surface area contributed by atoms with Crippen LogP contribution in [0.2, 0.25) is 5.02 Å². The second-order valence-corrected chi connectivity index (χ2v) is 4.65. The normalized spacial score (nSPS) is 11.9. The number of hydrogen-bond donors (Lipinski definition) is 2. The fourth-order valence-corrected chi connectivity index (χ4v) is 2.01. The number of hydrogen-bond acceptors (Lipinski definition) is 3. The van der Waals surface area contributed by atoms with Gasteiger partial charge in [0, 0.05) is 16.1 Å². The molecule has 5 heteroatoms. The van der Waals surface area contributed by atoms with E-state index in [1.165, 1.54) is 6.07 Å². The van der Waals surface area contributed by atoms with E-state index < -0.39 is 12.0 Å². The lowest BCUT2D eigenvalue weighted by Gasteiger charge is -2.14. The zero-order valence-electron chi connectivity index (χ0n) is 10.6. The van der Waals surface area contributed by atoms with E-state index in [1.807, 2.05) is 0 Å². The molecule has 1 unspecified atom stereocenters. The fourth-order valence-electron chi connectivity index (χ4n) is 1.75. The fraction of sp³-hybridized carbons (Fsp3) is 0.133. The summed E-state index contributed by atoms with van der Waals surface area (Å²) in [6.07, 6.45) is -0.846. The molecule has 2 rings (SSSR count). The van der Waals surface area contributed by atoms with Crippen LogP contribution in [-0.4, -0.2) is 17.6 Å². The molecule has 20 heavy (non-hydrogen) atoms. The molecule has 0 aromatic heterocycles. The van der Waals surface area contributed by atoms with Gasteiger partial charge in [-0.3, -0.25) is 4.79 Å². The van der Waals surface area contributed by atoms with E-state index in [0.717, 1.165) is 0 Å². The summed E-state index contributed by atoms with van der Waals surface area (Å²) in [5, 5.41) is 10.5. The van der Waals surface area contributed by atoms with Crippen LogP contribution in [0.25, 0.3) is 0 Å². The van der Waals surface area contributed by atoms with Gasteiger partial charge in [0.15, 0.2) is 0 Å². The van der Waals surface area contributed by atoms with Crippen LogP contribution in [0.3, 0.4) is 0 Å². The van der Waals surface area contributed by atoms with Crippen LogP contribution in [0, 0.1) is 0 Å². The van der Waals surface area contributed by atoms with Crippen molar-refractivity contribution in [1.29, 1.82) is 0 Å². The number of rotatable bonds is 5. The largest absolute Gasteiger partial charge is 0.491 e. The van der Waals surface area contributed by atoms with Crippen molar-refractivity contribution in [3.05, 3.63) is 64.7 Å². The summed E-state index contributed by atoms with van der Waals surface area (Å²) >= 11 is 5.99. The quantitative estimate of drug-likeness (QED) is 0.889. The van der Waals surface area contributed by atoms with Gasteiger partial charge in [0.05, 0.1) is 0 Å². The molecule has 1 amide bonds. The highest BCUT2D eigenvalue weighted by Gasteiger charge is 2.12. The number of carbonyl (C=O) groups excluding carboxylic acids is 1. The molecular weight excluding hydrogens is 278 g/mol. The summed E-state index contributed by atoms with van der Waals surface area (Å²) in [7, 11) is 0. The highest BCUT2D eigenvalue weighted by atomic mass is 35.5. The first-order valence-electron chi connectivity index (χ1n) is 6.03. The molecule has 1 atom stereocenters. The number of ether oxygens (including phenoxy) is 1. The van der Waals surface area contributed by atoms with Gasteiger partial charge in [-0.25, -0.2) is 0 Å². The molecule has 0 saturated heterocycles. The highest BCUT2D eigenvalue weighted by molar-refractivity contribution is 6.31. The van der Waals surface area contributed by atoms with E-state index in [4.69, 9.17) is 22.1 Å². The summed E-state index contributed by atoms with van der Waals surface area (Å²) in [5.41, 5.74) is 6.14. The molecule has 2 aromatic rings. The number of benzene rings is 2. The van der Waals surface area contributed by atoms with Gasteiger partial charge >= 0.3 is 0 Å². The predicted molar refractivity (Wildman–Crippen MR) is 76.9 cm³/mol. The number of primary amides is 1. The van der Waals surface area contributed by atoms with E-state index in [-0.39, 0.29) is 6.61 Å². The average Bonchev–Trinajstić information content (AvgIpc) is 2.45. The van der Waals surface area contributed by atoms with E-state index in [9.17, 15) is 9.90 Å². The molecule has 0 fully saturated rings. The minimum atomic E-state index is -0.846. The number of carbonyl (C=O) groups is 1. The van der Waals surface area contributed by atoms with Crippen LogP contribution in [-0.2, 0) is 0 Å². The van der Waals surface area contributed by atoms with Crippen molar-refractivity contribution in [1.82, 2.24) is 0 Å². The lowest BCUT2D eigenvalue weighted by Crippen LogP contribution is -2.12. The molecule has 2 aromatic carbocycles. The van der Waals surface area contributed by atoms with E-state index in [0.29, 0.717) is 21.9 Å². The average molecular weight is 292 g/mol. The Kier molecular flexibility index (Phi) is 4.61. The molecule has 0 radical (unpaired) electrons. The predicted octanol–water partition coefficient (Wildman–Crippen LogP) is 2.55.